The number of anilines is 1. The van der Waals surface area contributed by atoms with Gasteiger partial charge in [0.2, 0.25) is 5.91 Å². The molecule has 1 aliphatic heterocycles. The van der Waals surface area contributed by atoms with Crippen molar-refractivity contribution >= 4 is 34.8 Å². The number of alkyl halides is 3. The molecule has 1 unspecified atom stereocenters. The monoisotopic (exact) mass is 515 g/mol. The number of carbonyl (C=O) groups excluding carboxylic acids is 1. The third-order valence-electron chi connectivity index (χ3n) is 6.08. The molecule has 2 N–H and O–H groups in total. The van der Waals surface area contributed by atoms with Crippen LogP contribution in [0.2, 0.25) is 10.0 Å². The molecule has 0 bridgehead atoms. The first-order chi connectivity index (χ1) is 16.0. The highest BCUT2D eigenvalue weighted by atomic mass is 35.5. The van der Waals surface area contributed by atoms with Gasteiger partial charge in [0.15, 0.2) is 0 Å². The van der Waals surface area contributed by atoms with E-state index in [9.17, 15) is 18.0 Å². The number of halogens is 5. The average molecular weight is 516 g/mol. The normalized spacial score (nSPS) is 15.7. The lowest BCUT2D eigenvalue weighted by Crippen LogP contribution is -2.49. The summed E-state index contributed by atoms with van der Waals surface area (Å²) < 4.78 is 40.0. The Morgan fingerprint density at radius 3 is 2.32 bits per heavy atom. The molecule has 2 aromatic rings. The summed E-state index contributed by atoms with van der Waals surface area (Å²) in [5.41, 5.74) is 7.71. The molecule has 0 aliphatic carbocycles. The van der Waals surface area contributed by atoms with Crippen molar-refractivity contribution in [3.63, 3.8) is 0 Å². The summed E-state index contributed by atoms with van der Waals surface area (Å²) in [4.78, 5) is 16.6. The Kier molecular flexibility index (Phi) is 8.77. The minimum Gasteiger partial charge on any atom is -0.368 e. The molecule has 0 saturated carbocycles. The minimum atomic E-state index is -4.43. The fourth-order valence-corrected chi connectivity index (χ4v) is 4.77. The number of nitrogens with two attached hydrogens (primary N) is 1. The predicted octanol–water partition coefficient (Wildman–Crippen LogP) is 6.34. The van der Waals surface area contributed by atoms with Crippen LogP contribution >= 0.6 is 23.2 Å². The van der Waals surface area contributed by atoms with Crippen molar-refractivity contribution in [1.29, 1.82) is 0 Å². The van der Waals surface area contributed by atoms with E-state index >= 15 is 0 Å². The number of amides is 1. The molecule has 3 rings (SSSR count). The van der Waals surface area contributed by atoms with Crippen LogP contribution in [0.25, 0.3) is 0 Å². The molecule has 0 spiro atoms. The van der Waals surface area contributed by atoms with E-state index in [0.717, 1.165) is 11.6 Å². The summed E-state index contributed by atoms with van der Waals surface area (Å²) in [6.45, 7) is 6.03. The molecule has 1 fully saturated rings. The van der Waals surface area contributed by atoms with Gasteiger partial charge in [-0.05, 0) is 60.2 Å². The zero-order chi connectivity index (χ0) is 25.0. The number of benzene rings is 2. The van der Waals surface area contributed by atoms with Gasteiger partial charge in [-0.25, -0.2) is 0 Å². The Morgan fingerprint density at radius 2 is 1.74 bits per heavy atom. The maximum Gasteiger partial charge on any atom is 0.416 e. The lowest BCUT2D eigenvalue weighted by Gasteiger charge is -2.38. The molecule has 186 valence electrons. The summed E-state index contributed by atoms with van der Waals surface area (Å²) >= 11 is 12.1. The van der Waals surface area contributed by atoms with E-state index in [-0.39, 0.29) is 11.8 Å². The Hall–Kier alpha value is -1.96. The fraction of sp³-hybridized carbons (Fsp3) is 0.480. The fourth-order valence-electron chi connectivity index (χ4n) is 4.27. The molecule has 4 nitrogen and oxygen atoms in total. The summed E-state index contributed by atoms with van der Waals surface area (Å²) in [7, 11) is 0. The van der Waals surface area contributed by atoms with Gasteiger partial charge in [-0.1, -0.05) is 43.1 Å². The molecule has 1 heterocycles. The van der Waals surface area contributed by atoms with Crippen molar-refractivity contribution in [2.45, 2.75) is 45.3 Å². The van der Waals surface area contributed by atoms with Gasteiger partial charge in [-0.2, -0.15) is 13.2 Å². The van der Waals surface area contributed by atoms with Crippen molar-refractivity contribution in [3.8, 4) is 0 Å². The minimum absolute atomic E-state index is 0.0230. The summed E-state index contributed by atoms with van der Waals surface area (Å²) in [5, 5.41) is 1.09. The maximum atomic E-state index is 13.3. The van der Waals surface area contributed by atoms with E-state index < -0.39 is 17.8 Å². The molecule has 1 saturated heterocycles. The van der Waals surface area contributed by atoms with Crippen LogP contribution in [0.5, 0.6) is 0 Å². The van der Waals surface area contributed by atoms with Gasteiger partial charge >= 0.3 is 6.18 Å². The smallest absolute Gasteiger partial charge is 0.368 e. The first-order valence-electron chi connectivity index (χ1n) is 11.4. The number of carbonyl (C=O) groups is 1. The van der Waals surface area contributed by atoms with Crippen LogP contribution in [0.3, 0.4) is 0 Å². The van der Waals surface area contributed by atoms with Crippen molar-refractivity contribution in [3.05, 3.63) is 63.1 Å². The van der Waals surface area contributed by atoms with Gasteiger partial charge < -0.3 is 15.5 Å². The first-order valence-corrected chi connectivity index (χ1v) is 12.1. The summed E-state index contributed by atoms with van der Waals surface area (Å²) in [6, 6.07) is 8.52. The van der Waals surface area contributed by atoms with Crippen molar-refractivity contribution < 1.29 is 18.0 Å². The Bertz CT molecular complexity index is 1010. The third kappa shape index (κ3) is 6.80. The van der Waals surface area contributed by atoms with Crippen molar-refractivity contribution in [1.82, 2.24) is 4.90 Å². The number of aryl methyl sites for hydroxylation is 1. The summed E-state index contributed by atoms with van der Waals surface area (Å²) in [5.74, 6) is 0.274. The Balaban J connectivity index is 1.67. The van der Waals surface area contributed by atoms with Gasteiger partial charge in [0.1, 0.15) is 0 Å². The molecule has 34 heavy (non-hydrogen) atoms. The quantitative estimate of drug-likeness (QED) is 0.467. The zero-order valence-corrected chi connectivity index (χ0v) is 20.9. The van der Waals surface area contributed by atoms with Crippen molar-refractivity contribution in [2.24, 2.45) is 11.7 Å². The molecule has 0 radical (unpaired) electrons. The molecular weight excluding hydrogens is 486 g/mol. The van der Waals surface area contributed by atoms with Crippen LogP contribution < -0.4 is 10.6 Å². The molecular formula is C25H30Cl2F3N3O. The van der Waals surface area contributed by atoms with Crippen LogP contribution in [0.4, 0.5) is 18.9 Å². The predicted molar refractivity (Wildman–Crippen MR) is 131 cm³/mol. The lowest BCUT2D eigenvalue weighted by molar-refractivity contribution is -0.137. The number of hydrogen-bond donors (Lipinski definition) is 1. The number of piperazine rings is 1. The van der Waals surface area contributed by atoms with Gasteiger partial charge in [-0.15, -0.1) is 0 Å². The largest absolute Gasteiger partial charge is 0.416 e. The van der Waals surface area contributed by atoms with E-state index in [1.807, 2.05) is 24.8 Å². The Morgan fingerprint density at radius 1 is 1.06 bits per heavy atom. The molecule has 9 heteroatoms. The highest BCUT2D eigenvalue weighted by molar-refractivity contribution is 6.35. The van der Waals surface area contributed by atoms with Crippen molar-refractivity contribution in [2.75, 3.05) is 31.1 Å². The molecule has 1 amide bonds. The summed E-state index contributed by atoms with van der Waals surface area (Å²) in [6.07, 6.45) is -3.00. The van der Waals surface area contributed by atoms with E-state index in [1.165, 1.54) is 12.1 Å². The van der Waals surface area contributed by atoms with Gasteiger partial charge in [0, 0.05) is 54.4 Å². The van der Waals surface area contributed by atoms with E-state index in [0.29, 0.717) is 66.7 Å². The van der Waals surface area contributed by atoms with E-state index in [2.05, 4.69) is 0 Å². The first kappa shape index (κ1) is 26.6. The second-order valence-electron chi connectivity index (χ2n) is 9.11. The van der Waals surface area contributed by atoms with Gasteiger partial charge in [0.05, 0.1) is 5.56 Å². The van der Waals surface area contributed by atoms with Crippen LogP contribution in [-0.4, -0.2) is 37.0 Å². The third-order valence-corrected chi connectivity index (χ3v) is 6.66. The number of nitrogens with zero attached hydrogens (tertiary/aromatic N) is 2. The molecule has 0 aromatic heterocycles. The highest BCUT2D eigenvalue weighted by Gasteiger charge is 2.33. The molecule has 1 aliphatic rings. The zero-order valence-electron chi connectivity index (χ0n) is 19.3. The van der Waals surface area contributed by atoms with E-state index in [4.69, 9.17) is 28.9 Å². The maximum absolute atomic E-state index is 13.3. The number of hydrogen-bond acceptors (Lipinski definition) is 3. The van der Waals surface area contributed by atoms with Crippen LogP contribution in [0, 0.1) is 5.92 Å². The van der Waals surface area contributed by atoms with Crippen LogP contribution in [-0.2, 0) is 17.4 Å². The Labute approximate surface area is 208 Å². The highest BCUT2D eigenvalue weighted by Crippen LogP contribution is 2.36. The second-order valence-corrected chi connectivity index (χ2v) is 9.95. The second kappa shape index (κ2) is 11.2. The lowest BCUT2D eigenvalue weighted by atomic mass is 9.94. The standard InChI is InChI=1S/C25H30Cl2F3N3O/c1-16(2)13-22(31)20-14-18(25(28,29)30)5-7-23(20)32-9-11-33(12-10-32)24(34)8-4-17-3-6-19(26)15-21(17)27/h3,5-7,14-16,22H,4,8-13,31H2,1-2H3. The average Bonchev–Trinajstić information content (AvgIpc) is 2.77. The van der Waals surface area contributed by atoms with Gasteiger partial charge in [0.25, 0.3) is 0 Å². The topological polar surface area (TPSA) is 49.6 Å². The molecule has 2 aromatic carbocycles. The number of rotatable bonds is 7. The SMILES string of the molecule is CC(C)CC(N)c1cc(C(F)(F)F)ccc1N1CCN(C(=O)CCc2ccc(Cl)cc2Cl)CC1. The van der Waals surface area contributed by atoms with Crippen LogP contribution in [0.1, 0.15) is 49.4 Å². The van der Waals surface area contributed by atoms with Crippen LogP contribution in [0.15, 0.2) is 36.4 Å². The molecule has 1 atom stereocenters. The van der Waals surface area contributed by atoms with Gasteiger partial charge in [-0.3, -0.25) is 4.79 Å². The van der Waals surface area contributed by atoms with E-state index in [1.54, 1.807) is 17.0 Å².